The summed E-state index contributed by atoms with van der Waals surface area (Å²) < 4.78 is 32.6. The Bertz CT molecular complexity index is 524. The molecular weight excluding hydrogens is 308 g/mol. The normalized spacial score (nSPS) is 15.5. The predicted octanol–water partition coefficient (Wildman–Crippen LogP) is 1.95. The maximum absolute atomic E-state index is 12.1. The average molecular weight is 332 g/mol. The minimum Gasteiger partial charge on any atom is -0.380 e. The molecule has 1 aromatic rings. The van der Waals surface area contributed by atoms with Crippen LogP contribution in [-0.4, -0.2) is 34.7 Å². The molecule has 1 aliphatic rings. The number of nitrogens with one attached hydrogen (secondary N) is 2. The highest BCUT2D eigenvalue weighted by Crippen LogP contribution is 2.28. The molecule has 21 heavy (non-hydrogen) atoms. The van der Waals surface area contributed by atoms with Crippen molar-refractivity contribution in [3.63, 3.8) is 0 Å². The number of thiophene rings is 1. The van der Waals surface area contributed by atoms with Gasteiger partial charge in [-0.25, -0.2) is 13.1 Å². The van der Waals surface area contributed by atoms with Crippen molar-refractivity contribution in [3.05, 3.63) is 17.0 Å². The number of hydrogen-bond donors (Lipinski definition) is 2. The summed E-state index contributed by atoms with van der Waals surface area (Å²) in [6.07, 6.45) is 3.56. The SMILES string of the molecule is CCCNCc1ccc(S(=O)(=O)NCCOCC2CC2)s1. The maximum atomic E-state index is 12.1. The van der Waals surface area contributed by atoms with Crippen LogP contribution in [0.5, 0.6) is 0 Å². The van der Waals surface area contributed by atoms with E-state index in [1.807, 2.05) is 6.07 Å². The highest BCUT2D eigenvalue weighted by atomic mass is 32.2. The summed E-state index contributed by atoms with van der Waals surface area (Å²) in [4.78, 5) is 1.04. The Labute approximate surface area is 131 Å². The van der Waals surface area contributed by atoms with Crippen LogP contribution < -0.4 is 10.0 Å². The van der Waals surface area contributed by atoms with Crippen molar-refractivity contribution in [1.82, 2.24) is 10.0 Å². The highest BCUT2D eigenvalue weighted by Gasteiger charge is 2.21. The van der Waals surface area contributed by atoms with Crippen molar-refractivity contribution in [3.8, 4) is 0 Å². The average Bonchev–Trinajstić information content (AvgIpc) is 3.14. The monoisotopic (exact) mass is 332 g/mol. The van der Waals surface area contributed by atoms with Crippen LogP contribution in [0.4, 0.5) is 0 Å². The minimum atomic E-state index is -3.39. The Morgan fingerprint density at radius 2 is 2.14 bits per heavy atom. The first-order chi connectivity index (χ1) is 10.1. The van der Waals surface area contributed by atoms with Gasteiger partial charge >= 0.3 is 0 Å². The van der Waals surface area contributed by atoms with E-state index in [1.54, 1.807) is 6.07 Å². The van der Waals surface area contributed by atoms with Gasteiger partial charge in [0.15, 0.2) is 0 Å². The van der Waals surface area contributed by atoms with Gasteiger partial charge in [0.1, 0.15) is 4.21 Å². The molecule has 0 spiro atoms. The summed E-state index contributed by atoms with van der Waals surface area (Å²) in [7, 11) is -3.39. The summed E-state index contributed by atoms with van der Waals surface area (Å²) in [5.41, 5.74) is 0. The fourth-order valence-electron chi connectivity index (χ4n) is 1.84. The van der Waals surface area contributed by atoms with E-state index in [0.29, 0.717) is 23.3 Å². The largest absolute Gasteiger partial charge is 0.380 e. The third-order valence-corrected chi connectivity index (χ3v) is 6.25. The van der Waals surface area contributed by atoms with Gasteiger partial charge in [0.2, 0.25) is 10.0 Å². The van der Waals surface area contributed by atoms with Gasteiger partial charge in [-0.3, -0.25) is 0 Å². The Hall–Kier alpha value is -0.470. The van der Waals surface area contributed by atoms with Crippen LogP contribution in [0, 0.1) is 5.92 Å². The zero-order chi connectivity index (χ0) is 15.1. The third-order valence-electron chi connectivity index (χ3n) is 3.22. The molecule has 7 heteroatoms. The van der Waals surface area contributed by atoms with Gasteiger partial charge in [-0.15, -0.1) is 11.3 Å². The van der Waals surface area contributed by atoms with Crippen molar-refractivity contribution < 1.29 is 13.2 Å². The summed E-state index contributed by atoms with van der Waals surface area (Å²) >= 11 is 1.32. The van der Waals surface area contributed by atoms with Crippen molar-refractivity contribution in [2.75, 3.05) is 26.3 Å². The highest BCUT2D eigenvalue weighted by molar-refractivity contribution is 7.91. The topological polar surface area (TPSA) is 67.4 Å². The molecule has 0 aliphatic heterocycles. The first kappa shape index (κ1) is 16.9. The van der Waals surface area contributed by atoms with Crippen LogP contribution in [0.1, 0.15) is 31.1 Å². The first-order valence-electron chi connectivity index (χ1n) is 7.48. The van der Waals surface area contributed by atoms with E-state index in [-0.39, 0.29) is 0 Å². The predicted molar refractivity (Wildman–Crippen MR) is 85.0 cm³/mol. The molecule has 0 unspecified atom stereocenters. The lowest BCUT2D eigenvalue weighted by Gasteiger charge is -2.05. The van der Waals surface area contributed by atoms with E-state index in [0.717, 1.165) is 31.0 Å². The van der Waals surface area contributed by atoms with Crippen LogP contribution in [0.3, 0.4) is 0 Å². The fourth-order valence-corrected chi connectivity index (χ4v) is 4.22. The van der Waals surface area contributed by atoms with Gasteiger partial charge in [0, 0.05) is 24.6 Å². The van der Waals surface area contributed by atoms with Crippen molar-refractivity contribution in [1.29, 1.82) is 0 Å². The molecule has 0 amide bonds. The summed E-state index contributed by atoms with van der Waals surface area (Å²) in [5.74, 6) is 0.706. The zero-order valence-electron chi connectivity index (χ0n) is 12.4. The zero-order valence-corrected chi connectivity index (χ0v) is 14.1. The molecular formula is C14H24N2O3S2. The second-order valence-corrected chi connectivity index (χ2v) is 8.48. The number of rotatable bonds is 11. The molecule has 0 aromatic carbocycles. The molecule has 2 N–H and O–H groups in total. The van der Waals surface area contributed by atoms with Crippen molar-refractivity contribution in [2.24, 2.45) is 5.92 Å². The van der Waals surface area contributed by atoms with Crippen molar-refractivity contribution in [2.45, 2.75) is 36.9 Å². The number of ether oxygens (including phenoxy) is 1. The molecule has 1 heterocycles. The van der Waals surface area contributed by atoms with E-state index < -0.39 is 10.0 Å². The van der Waals surface area contributed by atoms with E-state index in [4.69, 9.17) is 4.74 Å². The fraction of sp³-hybridized carbons (Fsp3) is 0.714. The number of sulfonamides is 1. The summed E-state index contributed by atoms with van der Waals surface area (Å²) in [6.45, 7) is 5.29. The Morgan fingerprint density at radius 3 is 2.86 bits per heavy atom. The third kappa shape index (κ3) is 6.04. The lowest BCUT2D eigenvalue weighted by molar-refractivity contribution is 0.129. The standard InChI is InChI=1S/C14H24N2O3S2/c1-2-7-15-10-13-5-6-14(20-13)21(17,18)16-8-9-19-11-12-3-4-12/h5-6,12,15-16H,2-4,7-11H2,1H3. The molecule has 1 aliphatic carbocycles. The maximum Gasteiger partial charge on any atom is 0.250 e. The van der Waals surface area contributed by atoms with E-state index >= 15 is 0 Å². The second-order valence-electron chi connectivity index (χ2n) is 5.31. The first-order valence-corrected chi connectivity index (χ1v) is 9.78. The Morgan fingerprint density at radius 1 is 1.33 bits per heavy atom. The van der Waals surface area contributed by atoms with Gasteiger partial charge in [0.05, 0.1) is 6.61 Å². The van der Waals surface area contributed by atoms with E-state index in [9.17, 15) is 8.42 Å². The van der Waals surface area contributed by atoms with Gasteiger partial charge in [-0.1, -0.05) is 6.92 Å². The van der Waals surface area contributed by atoms with Crippen LogP contribution in [0.15, 0.2) is 16.3 Å². The van der Waals surface area contributed by atoms with E-state index in [2.05, 4.69) is 17.0 Å². The minimum absolute atomic E-state index is 0.330. The van der Waals surface area contributed by atoms with Crippen LogP contribution in [0.2, 0.25) is 0 Å². The molecule has 5 nitrogen and oxygen atoms in total. The molecule has 2 rings (SSSR count). The van der Waals surface area contributed by atoms with Gasteiger partial charge in [-0.05, 0) is 43.9 Å². The summed E-state index contributed by atoms with van der Waals surface area (Å²) in [6, 6.07) is 3.53. The molecule has 0 radical (unpaired) electrons. The second kappa shape index (κ2) is 8.24. The Kier molecular flexibility index (Phi) is 6.63. The van der Waals surface area contributed by atoms with Crippen LogP contribution >= 0.6 is 11.3 Å². The summed E-state index contributed by atoms with van der Waals surface area (Å²) in [5, 5.41) is 3.27. The molecule has 1 aromatic heterocycles. The van der Waals surface area contributed by atoms with Crippen LogP contribution in [-0.2, 0) is 21.3 Å². The van der Waals surface area contributed by atoms with E-state index in [1.165, 1.54) is 24.2 Å². The molecule has 1 saturated carbocycles. The van der Waals surface area contributed by atoms with Gasteiger partial charge in [0.25, 0.3) is 0 Å². The van der Waals surface area contributed by atoms with Gasteiger partial charge in [-0.2, -0.15) is 0 Å². The molecule has 0 bridgehead atoms. The molecule has 1 fully saturated rings. The lowest BCUT2D eigenvalue weighted by atomic mass is 10.4. The molecule has 0 saturated heterocycles. The smallest absolute Gasteiger partial charge is 0.250 e. The number of hydrogen-bond acceptors (Lipinski definition) is 5. The van der Waals surface area contributed by atoms with Crippen LogP contribution in [0.25, 0.3) is 0 Å². The molecule has 120 valence electrons. The lowest BCUT2D eigenvalue weighted by Crippen LogP contribution is -2.27. The van der Waals surface area contributed by atoms with Crippen molar-refractivity contribution >= 4 is 21.4 Å². The Balaban J connectivity index is 1.72. The quantitative estimate of drug-likeness (QED) is 0.608. The van der Waals surface area contributed by atoms with Gasteiger partial charge < -0.3 is 10.1 Å². The molecule has 0 atom stereocenters.